The molecule has 0 spiro atoms. The van der Waals surface area contributed by atoms with Gasteiger partial charge in [0.15, 0.2) is 5.58 Å². The first-order valence-electron chi connectivity index (χ1n) is 8.61. The number of nitrogens with zero attached hydrogens (tertiary/aromatic N) is 2. The molecule has 4 rings (SSSR count). The maximum absolute atomic E-state index is 12.9. The molecule has 0 saturated carbocycles. The van der Waals surface area contributed by atoms with E-state index in [4.69, 9.17) is 20.9 Å². The number of halogens is 1. The summed E-state index contributed by atoms with van der Waals surface area (Å²) in [6, 6.07) is 15.2. The number of ether oxygens (including phenoxy) is 1. The second-order valence-electron chi connectivity index (χ2n) is 6.57. The number of fused-ring (bicyclic) bond motifs is 1. The van der Waals surface area contributed by atoms with Gasteiger partial charge in [-0.1, -0.05) is 41.0 Å². The van der Waals surface area contributed by atoms with Crippen molar-refractivity contribution in [3.63, 3.8) is 0 Å². The first-order chi connectivity index (χ1) is 12.6. The van der Waals surface area contributed by atoms with E-state index in [0.29, 0.717) is 29.5 Å². The fraction of sp³-hybridized carbons (Fsp3) is 0.300. The van der Waals surface area contributed by atoms with Gasteiger partial charge in [0.1, 0.15) is 11.8 Å². The lowest BCUT2D eigenvalue weighted by molar-refractivity contribution is -0.143. The van der Waals surface area contributed by atoms with Gasteiger partial charge in [0.2, 0.25) is 5.91 Å². The number of aromatic nitrogens is 1. The maximum Gasteiger partial charge on any atom is 0.229 e. The highest BCUT2D eigenvalue weighted by Gasteiger charge is 2.31. The van der Waals surface area contributed by atoms with Gasteiger partial charge in [-0.25, -0.2) is 0 Å². The van der Waals surface area contributed by atoms with Crippen molar-refractivity contribution in [1.82, 2.24) is 10.1 Å². The molecule has 2 aromatic carbocycles. The van der Waals surface area contributed by atoms with Gasteiger partial charge in [-0.05, 0) is 36.8 Å². The highest BCUT2D eigenvalue weighted by atomic mass is 35.5. The van der Waals surface area contributed by atoms with Crippen LogP contribution in [0.4, 0.5) is 0 Å². The van der Waals surface area contributed by atoms with Crippen LogP contribution < -0.4 is 0 Å². The molecule has 1 aromatic heterocycles. The van der Waals surface area contributed by atoms with E-state index < -0.39 is 0 Å². The molecule has 1 aliphatic heterocycles. The number of hydrogen-bond donors (Lipinski definition) is 0. The maximum atomic E-state index is 12.9. The van der Waals surface area contributed by atoms with Crippen LogP contribution in [0.15, 0.2) is 53.1 Å². The first-order valence-corrected chi connectivity index (χ1v) is 8.99. The minimum atomic E-state index is -0.178. The minimum absolute atomic E-state index is 0.0103. The molecule has 1 aliphatic rings. The molecule has 6 heteroatoms. The van der Waals surface area contributed by atoms with E-state index in [0.717, 1.165) is 10.9 Å². The van der Waals surface area contributed by atoms with Crippen LogP contribution in [0.25, 0.3) is 11.0 Å². The van der Waals surface area contributed by atoms with Gasteiger partial charge in [0.25, 0.3) is 0 Å². The standard InChI is InChI=1S/C20H19ClN2O3/c1-13-12-25-19(14-5-4-6-15(21)9-14)11-23(13)20(24)10-17-16-7-2-3-8-18(16)26-22-17/h2-9,13,19H,10-12H2,1H3. The van der Waals surface area contributed by atoms with Crippen LogP contribution in [-0.2, 0) is 16.0 Å². The zero-order valence-corrected chi connectivity index (χ0v) is 15.1. The number of carbonyl (C=O) groups excluding carboxylic acids is 1. The topological polar surface area (TPSA) is 55.6 Å². The van der Waals surface area contributed by atoms with E-state index in [-0.39, 0.29) is 24.5 Å². The molecular formula is C20H19ClN2O3. The van der Waals surface area contributed by atoms with Crippen molar-refractivity contribution in [1.29, 1.82) is 0 Å². The molecule has 2 heterocycles. The van der Waals surface area contributed by atoms with E-state index in [2.05, 4.69) is 5.16 Å². The van der Waals surface area contributed by atoms with Crippen LogP contribution >= 0.6 is 11.6 Å². The number of hydrogen-bond acceptors (Lipinski definition) is 4. The summed E-state index contributed by atoms with van der Waals surface area (Å²) in [5.74, 6) is 0.0203. The van der Waals surface area contributed by atoms with Gasteiger partial charge in [-0.2, -0.15) is 0 Å². The molecule has 0 radical (unpaired) electrons. The molecule has 0 aliphatic carbocycles. The Hall–Kier alpha value is -2.37. The Morgan fingerprint density at radius 1 is 1.27 bits per heavy atom. The summed E-state index contributed by atoms with van der Waals surface area (Å²) >= 11 is 6.09. The van der Waals surface area contributed by atoms with Crippen LogP contribution in [0, 0.1) is 0 Å². The number of rotatable bonds is 3. The Morgan fingerprint density at radius 3 is 2.96 bits per heavy atom. The summed E-state index contributed by atoms with van der Waals surface area (Å²) in [6.07, 6.45) is 0.0341. The molecule has 1 amide bonds. The SMILES string of the molecule is CC1COC(c2cccc(Cl)c2)CN1C(=O)Cc1noc2ccccc12. The van der Waals surface area contributed by atoms with Crippen LogP contribution in [0.5, 0.6) is 0 Å². The Kier molecular flexibility index (Phi) is 4.66. The Balaban J connectivity index is 1.52. The van der Waals surface area contributed by atoms with Crippen molar-refractivity contribution in [2.45, 2.75) is 25.5 Å². The summed E-state index contributed by atoms with van der Waals surface area (Å²) in [7, 11) is 0. The van der Waals surface area contributed by atoms with Crippen LogP contribution in [0.3, 0.4) is 0 Å². The molecular weight excluding hydrogens is 352 g/mol. The van der Waals surface area contributed by atoms with Crippen molar-refractivity contribution in [2.75, 3.05) is 13.2 Å². The number of carbonyl (C=O) groups is 1. The van der Waals surface area contributed by atoms with E-state index in [9.17, 15) is 4.79 Å². The van der Waals surface area contributed by atoms with Gasteiger partial charge in [0, 0.05) is 10.4 Å². The van der Waals surface area contributed by atoms with E-state index in [1.54, 1.807) is 0 Å². The normalized spacial score (nSPS) is 20.5. The average Bonchev–Trinajstić information content (AvgIpc) is 3.05. The van der Waals surface area contributed by atoms with Gasteiger partial charge in [0.05, 0.1) is 25.6 Å². The van der Waals surface area contributed by atoms with Crippen LogP contribution in [-0.4, -0.2) is 35.2 Å². The molecule has 0 N–H and O–H groups in total. The molecule has 0 bridgehead atoms. The lowest BCUT2D eigenvalue weighted by atomic mass is 10.0. The summed E-state index contributed by atoms with van der Waals surface area (Å²) in [5.41, 5.74) is 2.35. The van der Waals surface area contributed by atoms with Crippen molar-refractivity contribution < 1.29 is 14.1 Å². The molecule has 26 heavy (non-hydrogen) atoms. The van der Waals surface area contributed by atoms with Gasteiger partial charge < -0.3 is 14.2 Å². The molecule has 3 aromatic rings. The number of morpholine rings is 1. The summed E-state index contributed by atoms with van der Waals surface area (Å²) < 4.78 is 11.2. The predicted octanol–water partition coefficient (Wildman–Crippen LogP) is 4.01. The number of benzene rings is 2. The number of amides is 1. The van der Waals surface area contributed by atoms with Crippen LogP contribution in [0.2, 0.25) is 5.02 Å². The lowest BCUT2D eigenvalue weighted by Crippen LogP contribution is -2.48. The third-order valence-corrected chi connectivity index (χ3v) is 4.98. The summed E-state index contributed by atoms with van der Waals surface area (Å²) in [5, 5.41) is 5.62. The summed E-state index contributed by atoms with van der Waals surface area (Å²) in [4.78, 5) is 14.8. The highest BCUT2D eigenvalue weighted by Crippen LogP contribution is 2.27. The molecule has 134 valence electrons. The Morgan fingerprint density at radius 2 is 2.12 bits per heavy atom. The highest BCUT2D eigenvalue weighted by molar-refractivity contribution is 6.30. The van der Waals surface area contributed by atoms with Gasteiger partial charge in [-0.3, -0.25) is 4.79 Å². The van der Waals surface area contributed by atoms with Gasteiger partial charge >= 0.3 is 0 Å². The fourth-order valence-corrected chi connectivity index (χ4v) is 3.52. The van der Waals surface area contributed by atoms with E-state index >= 15 is 0 Å². The molecule has 2 unspecified atom stereocenters. The summed E-state index contributed by atoms with van der Waals surface area (Å²) in [6.45, 7) is 2.98. The third-order valence-electron chi connectivity index (χ3n) is 4.74. The molecule has 1 saturated heterocycles. The molecule has 2 atom stereocenters. The largest absolute Gasteiger partial charge is 0.370 e. The van der Waals surface area contributed by atoms with Gasteiger partial charge in [-0.15, -0.1) is 0 Å². The lowest BCUT2D eigenvalue weighted by Gasteiger charge is -2.38. The quantitative estimate of drug-likeness (QED) is 0.699. The van der Waals surface area contributed by atoms with Crippen molar-refractivity contribution >= 4 is 28.5 Å². The van der Waals surface area contributed by atoms with Crippen molar-refractivity contribution in [2.24, 2.45) is 0 Å². The predicted molar refractivity (Wildman–Crippen MR) is 99.0 cm³/mol. The third kappa shape index (κ3) is 3.32. The zero-order chi connectivity index (χ0) is 18.1. The fourth-order valence-electron chi connectivity index (χ4n) is 3.32. The monoisotopic (exact) mass is 370 g/mol. The van der Waals surface area contributed by atoms with E-state index in [1.165, 1.54) is 0 Å². The Bertz CT molecular complexity index is 939. The molecule has 5 nitrogen and oxygen atoms in total. The average molecular weight is 371 g/mol. The van der Waals surface area contributed by atoms with Crippen LogP contribution in [0.1, 0.15) is 24.3 Å². The Labute approximate surface area is 156 Å². The minimum Gasteiger partial charge on any atom is -0.370 e. The smallest absolute Gasteiger partial charge is 0.229 e. The van der Waals surface area contributed by atoms with Crippen molar-refractivity contribution in [3.05, 3.63) is 64.8 Å². The second-order valence-corrected chi connectivity index (χ2v) is 7.01. The van der Waals surface area contributed by atoms with Crippen molar-refractivity contribution in [3.8, 4) is 0 Å². The van der Waals surface area contributed by atoms with E-state index in [1.807, 2.05) is 60.4 Å². The zero-order valence-electron chi connectivity index (χ0n) is 14.4. The second kappa shape index (κ2) is 7.09. The molecule has 1 fully saturated rings. The first kappa shape index (κ1) is 17.1. The number of para-hydroxylation sites is 1.